The van der Waals surface area contributed by atoms with Crippen LogP contribution in [0.3, 0.4) is 0 Å². The maximum Gasteiger partial charge on any atom is 0.411 e. The SMILES string of the molecule is CN(Cc1ccccc1)CC(C)(C)c1cccc(N(CCCCCCCCN2CCOCC2)C(=O)O)c1. The molecule has 204 valence electrons. The van der Waals surface area contributed by atoms with Crippen LogP contribution in [0.4, 0.5) is 10.5 Å². The fraction of sp³-hybridized carbons (Fsp3) is 0.581. The van der Waals surface area contributed by atoms with Crippen LogP contribution in [-0.2, 0) is 16.7 Å². The molecule has 2 aromatic rings. The summed E-state index contributed by atoms with van der Waals surface area (Å²) in [4.78, 5) is 18.4. The molecular weight excluding hydrogens is 462 g/mol. The summed E-state index contributed by atoms with van der Waals surface area (Å²) in [5.41, 5.74) is 3.12. The quantitative estimate of drug-likeness (QED) is 0.288. The third kappa shape index (κ3) is 10.1. The molecule has 0 unspecified atom stereocenters. The molecule has 1 aliphatic heterocycles. The van der Waals surface area contributed by atoms with Crippen molar-refractivity contribution in [1.29, 1.82) is 0 Å². The second-order valence-corrected chi connectivity index (χ2v) is 11.1. The highest BCUT2D eigenvalue weighted by molar-refractivity contribution is 5.86. The van der Waals surface area contributed by atoms with Crippen LogP contribution >= 0.6 is 0 Å². The van der Waals surface area contributed by atoms with Crippen molar-refractivity contribution in [3.05, 3.63) is 65.7 Å². The van der Waals surface area contributed by atoms with Gasteiger partial charge in [-0.15, -0.1) is 0 Å². The molecule has 1 aliphatic rings. The van der Waals surface area contributed by atoms with Crippen LogP contribution in [0.5, 0.6) is 0 Å². The number of ether oxygens (including phenoxy) is 1. The average molecular weight is 510 g/mol. The van der Waals surface area contributed by atoms with E-state index in [2.05, 4.69) is 67.1 Å². The summed E-state index contributed by atoms with van der Waals surface area (Å²) in [5, 5.41) is 9.93. The van der Waals surface area contributed by atoms with Crippen molar-refractivity contribution in [3.8, 4) is 0 Å². The molecule has 0 bridgehead atoms. The van der Waals surface area contributed by atoms with Crippen LogP contribution in [-0.4, -0.2) is 74.0 Å². The van der Waals surface area contributed by atoms with Crippen LogP contribution in [0.15, 0.2) is 54.6 Å². The number of hydrogen-bond acceptors (Lipinski definition) is 4. The van der Waals surface area contributed by atoms with Crippen LogP contribution in [0.1, 0.15) is 63.5 Å². The van der Waals surface area contributed by atoms with E-state index in [1.54, 1.807) is 0 Å². The number of carbonyl (C=O) groups is 1. The summed E-state index contributed by atoms with van der Waals surface area (Å²) < 4.78 is 5.41. The van der Waals surface area contributed by atoms with Gasteiger partial charge in [-0.1, -0.05) is 82.0 Å². The summed E-state index contributed by atoms with van der Waals surface area (Å²) in [7, 11) is 2.14. The number of unbranched alkanes of at least 4 members (excludes halogenated alkanes) is 5. The first kappa shape index (κ1) is 29.2. The van der Waals surface area contributed by atoms with E-state index >= 15 is 0 Å². The Morgan fingerprint density at radius 3 is 2.32 bits per heavy atom. The van der Waals surface area contributed by atoms with E-state index in [0.717, 1.165) is 69.9 Å². The van der Waals surface area contributed by atoms with E-state index in [1.807, 2.05) is 18.2 Å². The van der Waals surface area contributed by atoms with E-state index in [1.165, 1.54) is 36.3 Å². The predicted octanol–water partition coefficient (Wildman–Crippen LogP) is 6.25. The van der Waals surface area contributed by atoms with Crippen molar-refractivity contribution in [2.45, 2.75) is 64.3 Å². The zero-order valence-electron chi connectivity index (χ0n) is 23.2. The highest BCUT2D eigenvalue weighted by atomic mass is 16.5. The Morgan fingerprint density at radius 1 is 0.946 bits per heavy atom. The number of benzene rings is 2. The van der Waals surface area contributed by atoms with Gasteiger partial charge >= 0.3 is 6.09 Å². The van der Waals surface area contributed by atoms with Gasteiger partial charge in [-0.05, 0) is 49.7 Å². The maximum absolute atomic E-state index is 12.1. The van der Waals surface area contributed by atoms with Gasteiger partial charge in [-0.25, -0.2) is 4.79 Å². The zero-order valence-corrected chi connectivity index (χ0v) is 23.2. The lowest BCUT2D eigenvalue weighted by atomic mass is 9.83. The molecule has 37 heavy (non-hydrogen) atoms. The van der Waals surface area contributed by atoms with Crippen molar-refractivity contribution in [2.75, 3.05) is 57.9 Å². The average Bonchev–Trinajstić information content (AvgIpc) is 2.88. The molecule has 1 saturated heterocycles. The molecule has 1 amide bonds. The normalized spacial score (nSPS) is 14.7. The summed E-state index contributed by atoms with van der Waals surface area (Å²) in [6.45, 7) is 11.8. The summed E-state index contributed by atoms with van der Waals surface area (Å²) in [6, 6.07) is 18.6. The van der Waals surface area contributed by atoms with E-state index < -0.39 is 6.09 Å². The topological polar surface area (TPSA) is 56.2 Å². The molecule has 0 saturated carbocycles. The number of nitrogens with zero attached hydrogens (tertiary/aromatic N) is 3. The highest BCUT2D eigenvalue weighted by Gasteiger charge is 2.24. The molecule has 6 nitrogen and oxygen atoms in total. The van der Waals surface area contributed by atoms with Gasteiger partial charge in [0.15, 0.2) is 0 Å². The first-order chi connectivity index (χ1) is 17.8. The fourth-order valence-electron chi connectivity index (χ4n) is 5.28. The minimum Gasteiger partial charge on any atom is -0.465 e. The van der Waals surface area contributed by atoms with Crippen molar-refractivity contribution < 1.29 is 14.6 Å². The second kappa shape index (κ2) is 15.1. The van der Waals surface area contributed by atoms with E-state index in [0.29, 0.717) is 6.54 Å². The van der Waals surface area contributed by atoms with Gasteiger partial charge in [0.25, 0.3) is 0 Å². The standard InChI is InChI=1S/C31H47N3O3/c1-31(2,26-32(3)25-27-14-9-8-10-15-27)28-16-13-17-29(24-28)34(30(35)36)19-12-7-5-4-6-11-18-33-20-22-37-23-21-33/h8-10,13-17,24H,4-7,11-12,18-23,25-26H2,1-3H3,(H,35,36). The first-order valence-electron chi connectivity index (χ1n) is 14.0. The number of amides is 1. The number of morpholine rings is 1. The number of anilines is 1. The lowest BCUT2D eigenvalue weighted by Crippen LogP contribution is -2.36. The predicted molar refractivity (Wildman–Crippen MR) is 153 cm³/mol. The minimum atomic E-state index is -0.873. The zero-order chi connectivity index (χ0) is 26.5. The third-order valence-electron chi connectivity index (χ3n) is 7.34. The number of likely N-dealkylation sites (N-methyl/N-ethyl adjacent to an activating group) is 1. The third-order valence-corrected chi connectivity index (χ3v) is 7.34. The minimum absolute atomic E-state index is 0.106. The van der Waals surface area contributed by atoms with Gasteiger partial charge in [0.05, 0.1) is 13.2 Å². The van der Waals surface area contributed by atoms with Crippen molar-refractivity contribution in [3.63, 3.8) is 0 Å². The molecule has 0 aliphatic carbocycles. The molecule has 0 aromatic heterocycles. The van der Waals surface area contributed by atoms with Crippen molar-refractivity contribution >= 4 is 11.8 Å². The van der Waals surface area contributed by atoms with Crippen LogP contribution < -0.4 is 4.90 Å². The molecule has 0 spiro atoms. The highest BCUT2D eigenvalue weighted by Crippen LogP contribution is 2.28. The Bertz CT molecular complexity index is 928. The summed E-state index contributed by atoms with van der Waals surface area (Å²) in [5.74, 6) is 0. The molecule has 6 heteroatoms. The Hall–Kier alpha value is -2.41. The van der Waals surface area contributed by atoms with Gasteiger partial charge in [0.1, 0.15) is 0 Å². The molecule has 3 rings (SSSR count). The van der Waals surface area contributed by atoms with Gasteiger partial charge in [-0.3, -0.25) is 9.80 Å². The van der Waals surface area contributed by atoms with Crippen LogP contribution in [0.25, 0.3) is 0 Å². The summed E-state index contributed by atoms with van der Waals surface area (Å²) in [6.07, 6.45) is 5.96. The van der Waals surface area contributed by atoms with Crippen molar-refractivity contribution in [1.82, 2.24) is 9.80 Å². The smallest absolute Gasteiger partial charge is 0.411 e. The van der Waals surface area contributed by atoms with Crippen LogP contribution in [0.2, 0.25) is 0 Å². The molecular formula is C31H47N3O3. The van der Waals surface area contributed by atoms with Gasteiger partial charge in [0, 0.05) is 43.8 Å². The van der Waals surface area contributed by atoms with Crippen molar-refractivity contribution in [2.24, 2.45) is 0 Å². The Kier molecular flexibility index (Phi) is 11.9. The molecule has 1 N–H and O–H groups in total. The molecule has 1 fully saturated rings. The Balaban J connectivity index is 1.44. The number of hydrogen-bond donors (Lipinski definition) is 1. The lowest BCUT2D eigenvalue weighted by Gasteiger charge is -2.32. The van der Waals surface area contributed by atoms with Crippen LogP contribution in [0, 0.1) is 0 Å². The second-order valence-electron chi connectivity index (χ2n) is 11.1. The summed E-state index contributed by atoms with van der Waals surface area (Å²) >= 11 is 0. The number of rotatable bonds is 15. The molecule has 1 heterocycles. The maximum atomic E-state index is 12.1. The number of carboxylic acid groups (broad SMARTS) is 1. The Morgan fingerprint density at radius 2 is 1.62 bits per heavy atom. The monoisotopic (exact) mass is 509 g/mol. The van der Waals surface area contributed by atoms with Gasteiger partial charge in [-0.2, -0.15) is 0 Å². The van der Waals surface area contributed by atoms with Gasteiger partial charge < -0.3 is 14.7 Å². The molecule has 2 aromatic carbocycles. The van der Waals surface area contributed by atoms with Gasteiger partial charge in [0.2, 0.25) is 0 Å². The molecule has 0 atom stereocenters. The first-order valence-corrected chi connectivity index (χ1v) is 14.0. The van der Waals surface area contributed by atoms with E-state index in [-0.39, 0.29) is 5.41 Å². The lowest BCUT2D eigenvalue weighted by molar-refractivity contribution is 0.0371. The Labute approximate surface area is 224 Å². The fourth-order valence-corrected chi connectivity index (χ4v) is 5.28. The van der Waals surface area contributed by atoms with E-state index in [4.69, 9.17) is 4.74 Å². The van der Waals surface area contributed by atoms with E-state index in [9.17, 15) is 9.90 Å². The molecule has 0 radical (unpaired) electrons. The largest absolute Gasteiger partial charge is 0.465 e.